The molecule has 91 valence electrons. The molecule has 0 aliphatic heterocycles. The third-order valence-corrected chi connectivity index (χ3v) is 3.68. The van der Waals surface area contributed by atoms with Gasteiger partial charge >= 0.3 is 112 Å². The van der Waals surface area contributed by atoms with Crippen LogP contribution in [0.2, 0.25) is 0 Å². The van der Waals surface area contributed by atoms with Crippen molar-refractivity contribution in [1.29, 1.82) is 0 Å². The minimum absolute atomic E-state index is 0.265. The van der Waals surface area contributed by atoms with Crippen molar-refractivity contribution in [2.75, 3.05) is 0 Å². The van der Waals surface area contributed by atoms with Crippen LogP contribution in [0.4, 0.5) is 14.5 Å². The number of hydrogen-bond donors (Lipinski definition) is 0. The fraction of sp³-hybridized carbons (Fsp3) is 0.0714. The molecule has 0 saturated heterocycles. The van der Waals surface area contributed by atoms with Crippen LogP contribution in [0.25, 0.3) is 0 Å². The molecule has 0 heterocycles. The van der Waals surface area contributed by atoms with Gasteiger partial charge in [0.1, 0.15) is 0 Å². The van der Waals surface area contributed by atoms with Gasteiger partial charge in [0.15, 0.2) is 0 Å². The quantitative estimate of drug-likeness (QED) is 0.597. The van der Waals surface area contributed by atoms with Crippen molar-refractivity contribution in [3.8, 4) is 0 Å². The van der Waals surface area contributed by atoms with Gasteiger partial charge in [-0.2, -0.15) is 0 Å². The molecule has 0 unspecified atom stereocenters. The Morgan fingerprint density at radius 1 is 1.06 bits per heavy atom. The second kappa shape index (κ2) is 5.42. The van der Waals surface area contributed by atoms with E-state index in [9.17, 15) is 8.78 Å². The van der Waals surface area contributed by atoms with Gasteiger partial charge in [-0.15, -0.1) is 0 Å². The molecule has 0 aromatic heterocycles. The Bertz CT molecular complexity index is 588. The van der Waals surface area contributed by atoms with E-state index in [2.05, 4.69) is 21.0 Å². The molecule has 2 aromatic carbocycles. The van der Waals surface area contributed by atoms with Gasteiger partial charge in [-0.25, -0.2) is 0 Å². The summed E-state index contributed by atoms with van der Waals surface area (Å²) in [4.78, 5) is 3.88. The van der Waals surface area contributed by atoms with Crippen LogP contribution < -0.4 is 4.46 Å². The van der Waals surface area contributed by atoms with Crippen LogP contribution >= 0.6 is 0 Å². The van der Waals surface area contributed by atoms with E-state index < -0.39 is 11.6 Å². The first-order valence-electron chi connectivity index (χ1n) is 5.34. The Kier molecular flexibility index (Phi) is 3.90. The average molecular weight is 309 g/mol. The van der Waals surface area contributed by atoms with E-state index in [0.29, 0.717) is 0 Å². The summed E-state index contributed by atoms with van der Waals surface area (Å²) < 4.78 is 27.7. The van der Waals surface area contributed by atoms with Gasteiger partial charge in [-0.1, -0.05) is 0 Å². The Labute approximate surface area is 112 Å². The SMILES string of the molecule is Cc1cccc(C=Nc2c(F)cccc2F)c1[Se]. The molecule has 2 aromatic rings. The number of halogens is 2. The molecule has 0 atom stereocenters. The summed E-state index contributed by atoms with van der Waals surface area (Å²) in [7, 11) is 0. The molecule has 0 amide bonds. The fourth-order valence-electron chi connectivity index (χ4n) is 1.52. The molecule has 0 aliphatic carbocycles. The zero-order valence-corrected chi connectivity index (χ0v) is 11.4. The molecule has 0 aliphatic rings. The summed E-state index contributed by atoms with van der Waals surface area (Å²) in [6.07, 6.45) is 1.46. The Balaban J connectivity index is 2.39. The third kappa shape index (κ3) is 2.66. The molecular formula is C14H10F2NSe. The van der Waals surface area contributed by atoms with E-state index in [0.717, 1.165) is 15.6 Å². The number of para-hydroxylation sites is 1. The van der Waals surface area contributed by atoms with Crippen molar-refractivity contribution in [3.63, 3.8) is 0 Å². The van der Waals surface area contributed by atoms with E-state index in [1.54, 1.807) is 0 Å². The topological polar surface area (TPSA) is 12.4 Å². The van der Waals surface area contributed by atoms with E-state index in [1.807, 2.05) is 25.1 Å². The number of aliphatic imine (C=N–C) groups is 1. The molecule has 1 radical (unpaired) electrons. The maximum absolute atomic E-state index is 13.4. The van der Waals surface area contributed by atoms with Crippen molar-refractivity contribution in [3.05, 3.63) is 59.2 Å². The molecule has 0 N–H and O–H groups in total. The van der Waals surface area contributed by atoms with Crippen LogP contribution in [0.3, 0.4) is 0 Å². The van der Waals surface area contributed by atoms with Gasteiger partial charge in [-0.3, -0.25) is 0 Å². The molecule has 4 heteroatoms. The van der Waals surface area contributed by atoms with Crippen molar-refractivity contribution < 1.29 is 8.78 Å². The zero-order valence-electron chi connectivity index (χ0n) is 9.65. The van der Waals surface area contributed by atoms with Crippen LogP contribution in [0, 0.1) is 18.6 Å². The summed E-state index contributed by atoms with van der Waals surface area (Å²) in [5.41, 5.74) is 1.60. The van der Waals surface area contributed by atoms with Gasteiger partial charge in [0.05, 0.1) is 0 Å². The Morgan fingerprint density at radius 3 is 2.33 bits per heavy atom. The predicted molar refractivity (Wildman–Crippen MR) is 70.2 cm³/mol. The average Bonchev–Trinajstić information content (AvgIpc) is 2.33. The van der Waals surface area contributed by atoms with E-state index in [4.69, 9.17) is 0 Å². The molecule has 0 fully saturated rings. The van der Waals surface area contributed by atoms with Crippen LogP contribution in [-0.4, -0.2) is 22.2 Å². The first kappa shape index (κ1) is 12.9. The fourth-order valence-corrected chi connectivity index (χ4v) is 1.92. The second-order valence-corrected chi connectivity index (χ2v) is 4.68. The van der Waals surface area contributed by atoms with Gasteiger partial charge in [0.25, 0.3) is 0 Å². The minimum atomic E-state index is -0.666. The summed E-state index contributed by atoms with van der Waals surface area (Å²) in [6, 6.07) is 9.34. The predicted octanol–water partition coefficient (Wildman–Crippen LogP) is 2.82. The molecule has 0 saturated carbocycles. The Hall–Kier alpha value is -1.51. The van der Waals surface area contributed by atoms with Crippen molar-refractivity contribution in [2.45, 2.75) is 6.92 Å². The second-order valence-electron chi connectivity index (χ2n) is 3.82. The van der Waals surface area contributed by atoms with Crippen LogP contribution in [0.1, 0.15) is 11.1 Å². The molecule has 0 spiro atoms. The van der Waals surface area contributed by atoms with E-state index >= 15 is 0 Å². The molecular weight excluding hydrogens is 299 g/mol. The number of rotatable bonds is 2. The Morgan fingerprint density at radius 2 is 1.67 bits per heavy atom. The molecule has 18 heavy (non-hydrogen) atoms. The van der Waals surface area contributed by atoms with Gasteiger partial charge < -0.3 is 0 Å². The molecule has 0 bridgehead atoms. The van der Waals surface area contributed by atoms with Gasteiger partial charge in [-0.05, 0) is 0 Å². The summed E-state index contributed by atoms with van der Waals surface area (Å²) in [5, 5.41) is 0. The third-order valence-electron chi connectivity index (χ3n) is 2.51. The van der Waals surface area contributed by atoms with Crippen molar-refractivity contribution in [1.82, 2.24) is 0 Å². The summed E-state index contributed by atoms with van der Waals surface area (Å²) in [6.45, 7) is 1.95. The van der Waals surface area contributed by atoms with Crippen molar-refractivity contribution >= 4 is 32.4 Å². The summed E-state index contributed by atoms with van der Waals surface area (Å²) >= 11 is 2.93. The number of benzene rings is 2. The number of aryl methyl sites for hydroxylation is 1. The normalized spacial score (nSPS) is 11.1. The van der Waals surface area contributed by atoms with Crippen LogP contribution in [0.5, 0.6) is 0 Å². The number of hydrogen-bond acceptors (Lipinski definition) is 1. The molecule has 1 nitrogen and oxygen atoms in total. The first-order valence-corrected chi connectivity index (χ1v) is 6.20. The van der Waals surface area contributed by atoms with E-state index in [1.165, 1.54) is 24.4 Å². The molecule has 2 rings (SSSR count). The zero-order chi connectivity index (χ0) is 13.1. The van der Waals surface area contributed by atoms with Crippen LogP contribution in [0.15, 0.2) is 41.4 Å². The monoisotopic (exact) mass is 310 g/mol. The van der Waals surface area contributed by atoms with Crippen molar-refractivity contribution in [2.24, 2.45) is 4.99 Å². The van der Waals surface area contributed by atoms with Gasteiger partial charge in [0.2, 0.25) is 0 Å². The standard InChI is InChI=1S/C14H10F2NSe/c1-9-4-2-5-10(14(9)18)8-17-13-11(15)6-3-7-12(13)16/h2-8H,1H3. The summed E-state index contributed by atoms with van der Waals surface area (Å²) in [5.74, 6) is -1.33. The van der Waals surface area contributed by atoms with E-state index in [-0.39, 0.29) is 5.69 Å². The number of nitrogens with zero attached hydrogens (tertiary/aromatic N) is 1. The maximum atomic E-state index is 13.4. The first-order chi connectivity index (χ1) is 8.59. The van der Waals surface area contributed by atoms with Crippen LogP contribution in [-0.2, 0) is 0 Å². The van der Waals surface area contributed by atoms with Gasteiger partial charge in [0, 0.05) is 0 Å².